The maximum absolute atomic E-state index is 12.9. The molecule has 3 aromatic rings. The van der Waals surface area contributed by atoms with Crippen molar-refractivity contribution in [3.63, 3.8) is 0 Å². The summed E-state index contributed by atoms with van der Waals surface area (Å²) >= 11 is 0. The van der Waals surface area contributed by atoms with Gasteiger partial charge in [-0.2, -0.15) is 0 Å². The Kier molecular flexibility index (Phi) is 5.43. The summed E-state index contributed by atoms with van der Waals surface area (Å²) in [5.41, 5.74) is 1.44. The van der Waals surface area contributed by atoms with Crippen molar-refractivity contribution < 1.29 is 4.79 Å². The van der Waals surface area contributed by atoms with Gasteiger partial charge in [0.1, 0.15) is 12.2 Å². The summed E-state index contributed by atoms with van der Waals surface area (Å²) in [6.45, 7) is 7.27. The van der Waals surface area contributed by atoms with E-state index in [0.717, 1.165) is 57.2 Å². The number of piperazine rings is 1. The maximum atomic E-state index is 12.9. The Bertz CT molecular complexity index is 912. The molecule has 0 N–H and O–H groups in total. The zero-order valence-corrected chi connectivity index (χ0v) is 16.0. The number of benzene rings is 1. The predicted octanol–water partition coefficient (Wildman–Crippen LogP) is 0.879. The van der Waals surface area contributed by atoms with Gasteiger partial charge in [0.15, 0.2) is 0 Å². The number of aryl methyl sites for hydroxylation is 1. The zero-order valence-electron chi connectivity index (χ0n) is 16.0. The van der Waals surface area contributed by atoms with Crippen molar-refractivity contribution in [3.05, 3.63) is 54.4 Å². The minimum absolute atomic E-state index is 0.0532. The molecule has 1 saturated heterocycles. The number of nitrogens with zero attached hydrogens (tertiary/aromatic N) is 8. The fraction of sp³-hybridized carbons (Fsp3) is 0.421. The van der Waals surface area contributed by atoms with Crippen molar-refractivity contribution >= 4 is 5.91 Å². The summed E-state index contributed by atoms with van der Waals surface area (Å²) in [6, 6.07) is 7.41. The Hall–Kier alpha value is -3.07. The summed E-state index contributed by atoms with van der Waals surface area (Å²) < 4.78 is 3.76. The number of amides is 1. The predicted molar refractivity (Wildman–Crippen MR) is 103 cm³/mol. The molecule has 0 bridgehead atoms. The zero-order chi connectivity index (χ0) is 19.3. The van der Waals surface area contributed by atoms with Crippen molar-refractivity contribution in [2.24, 2.45) is 0 Å². The van der Waals surface area contributed by atoms with Gasteiger partial charge in [-0.25, -0.2) is 9.67 Å². The van der Waals surface area contributed by atoms with Gasteiger partial charge < -0.3 is 9.47 Å². The van der Waals surface area contributed by atoms with Crippen LogP contribution in [-0.4, -0.2) is 78.2 Å². The van der Waals surface area contributed by atoms with Crippen molar-refractivity contribution in [1.82, 2.24) is 39.6 Å². The normalized spacial score (nSPS) is 15.1. The van der Waals surface area contributed by atoms with Crippen molar-refractivity contribution in [1.29, 1.82) is 0 Å². The molecule has 1 aliphatic rings. The molecule has 9 heteroatoms. The third-order valence-corrected chi connectivity index (χ3v) is 5.14. The number of hydrogen-bond acceptors (Lipinski definition) is 6. The van der Waals surface area contributed by atoms with E-state index >= 15 is 0 Å². The molecule has 9 nitrogen and oxygen atoms in total. The van der Waals surface area contributed by atoms with Crippen LogP contribution in [0.1, 0.15) is 23.1 Å². The van der Waals surface area contributed by atoms with Crippen molar-refractivity contribution in [2.45, 2.75) is 19.9 Å². The monoisotopic (exact) mass is 380 g/mol. The number of carbonyl (C=O) groups excluding carboxylic acids is 1. The number of imidazole rings is 1. The van der Waals surface area contributed by atoms with E-state index in [0.29, 0.717) is 5.56 Å². The van der Waals surface area contributed by atoms with Gasteiger partial charge in [-0.15, -0.1) is 5.10 Å². The van der Waals surface area contributed by atoms with Crippen LogP contribution < -0.4 is 0 Å². The van der Waals surface area contributed by atoms with Gasteiger partial charge in [0.2, 0.25) is 0 Å². The molecule has 0 unspecified atom stereocenters. The quantitative estimate of drug-likeness (QED) is 0.631. The second-order valence-electron chi connectivity index (χ2n) is 6.83. The summed E-state index contributed by atoms with van der Waals surface area (Å²) in [6.07, 6.45) is 6.36. The van der Waals surface area contributed by atoms with Gasteiger partial charge in [0.05, 0.1) is 5.69 Å². The SMILES string of the molecule is CCc1nccn1CCN1CCN(C(=O)c2cccc(-n3cnnn3)c2)CC1. The largest absolute Gasteiger partial charge is 0.336 e. The lowest BCUT2D eigenvalue weighted by atomic mass is 10.1. The first-order valence-corrected chi connectivity index (χ1v) is 9.59. The van der Waals surface area contributed by atoms with Gasteiger partial charge in [-0.1, -0.05) is 13.0 Å². The van der Waals surface area contributed by atoms with Gasteiger partial charge in [-0.05, 0) is 28.6 Å². The fourth-order valence-electron chi connectivity index (χ4n) is 3.53. The average Bonchev–Trinajstić information content (AvgIpc) is 3.44. The number of tetrazole rings is 1. The van der Waals surface area contributed by atoms with Crippen LogP contribution in [0.25, 0.3) is 5.69 Å². The smallest absolute Gasteiger partial charge is 0.254 e. The number of aromatic nitrogens is 6. The summed E-state index contributed by atoms with van der Waals surface area (Å²) in [7, 11) is 0. The number of hydrogen-bond donors (Lipinski definition) is 0. The van der Waals surface area contributed by atoms with E-state index in [2.05, 4.69) is 36.9 Å². The molecule has 2 aromatic heterocycles. The molecule has 1 aromatic carbocycles. The second-order valence-corrected chi connectivity index (χ2v) is 6.83. The molecule has 0 saturated carbocycles. The highest BCUT2D eigenvalue weighted by atomic mass is 16.2. The average molecular weight is 380 g/mol. The van der Waals surface area contributed by atoms with Gasteiger partial charge in [0, 0.05) is 63.6 Å². The third-order valence-electron chi connectivity index (χ3n) is 5.14. The van der Waals surface area contributed by atoms with E-state index in [-0.39, 0.29) is 5.91 Å². The van der Waals surface area contributed by atoms with Crippen LogP contribution in [0.4, 0.5) is 0 Å². The van der Waals surface area contributed by atoms with Crippen LogP contribution >= 0.6 is 0 Å². The lowest BCUT2D eigenvalue weighted by molar-refractivity contribution is 0.0633. The third kappa shape index (κ3) is 3.94. The molecule has 1 amide bonds. The van der Waals surface area contributed by atoms with Crippen molar-refractivity contribution in [2.75, 3.05) is 32.7 Å². The molecule has 0 atom stereocenters. The summed E-state index contributed by atoms with van der Waals surface area (Å²) in [5.74, 6) is 1.17. The molecule has 1 aliphatic heterocycles. The Labute approximate surface area is 163 Å². The highest BCUT2D eigenvalue weighted by Crippen LogP contribution is 2.13. The highest BCUT2D eigenvalue weighted by Gasteiger charge is 2.22. The molecule has 4 rings (SSSR count). The molecule has 0 aliphatic carbocycles. The Morgan fingerprint density at radius 3 is 2.75 bits per heavy atom. The van der Waals surface area contributed by atoms with Gasteiger partial charge in [0.25, 0.3) is 5.91 Å². The van der Waals surface area contributed by atoms with Crippen LogP contribution in [0, 0.1) is 0 Å². The van der Waals surface area contributed by atoms with Crippen LogP contribution in [0.2, 0.25) is 0 Å². The minimum Gasteiger partial charge on any atom is -0.336 e. The fourth-order valence-corrected chi connectivity index (χ4v) is 3.53. The second kappa shape index (κ2) is 8.30. The van der Waals surface area contributed by atoms with E-state index < -0.39 is 0 Å². The Balaban J connectivity index is 1.32. The molecule has 0 radical (unpaired) electrons. The highest BCUT2D eigenvalue weighted by molar-refractivity contribution is 5.94. The first-order chi connectivity index (χ1) is 13.7. The Morgan fingerprint density at radius 1 is 1.14 bits per heavy atom. The molecule has 0 spiro atoms. The van der Waals surface area contributed by atoms with E-state index in [1.54, 1.807) is 4.68 Å². The number of carbonyl (C=O) groups is 1. The lowest BCUT2D eigenvalue weighted by Crippen LogP contribution is -2.49. The molecule has 28 heavy (non-hydrogen) atoms. The summed E-state index contributed by atoms with van der Waals surface area (Å²) in [5, 5.41) is 11.2. The van der Waals surface area contributed by atoms with E-state index in [9.17, 15) is 4.79 Å². The Morgan fingerprint density at radius 2 is 2.00 bits per heavy atom. The first kappa shape index (κ1) is 18.3. The van der Waals surface area contributed by atoms with Gasteiger partial charge >= 0.3 is 0 Å². The van der Waals surface area contributed by atoms with E-state index in [4.69, 9.17) is 0 Å². The molecule has 146 valence electrons. The summed E-state index contributed by atoms with van der Waals surface area (Å²) in [4.78, 5) is 21.6. The molecular weight excluding hydrogens is 356 g/mol. The first-order valence-electron chi connectivity index (χ1n) is 9.59. The molecular formula is C19H24N8O. The molecule has 3 heterocycles. The maximum Gasteiger partial charge on any atom is 0.254 e. The van der Waals surface area contributed by atoms with E-state index in [1.165, 1.54) is 6.33 Å². The topological polar surface area (TPSA) is 85.0 Å². The van der Waals surface area contributed by atoms with Crippen molar-refractivity contribution in [3.8, 4) is 5.69 Å². The minimum atomic E-state index is 0.0532. The molecule has 1 fully saturated rings. The van der Waals surface area contributed by atoms with Gasteiger partial charge in [-0.3, -0.25) is 9.69 Å². The van der Waals surface area contributed by atoms with Crippen LogP contribution in [0.15, 0.2) is 43.0 Å². The number of rotatable bonds is 6. The standard InChI is InChI=1S/C19H24N8O/c1-2-18-20-6-7-25(18)11-8-24-9-12-26(13-10-24)19(28)16-4-3-5-17(14-16)27-15-21-22-23-27/h3-7,14-15H,2,8-13H2,1H3. The van der Waals surface area contributed by atoms with Crippen LogP contribution in [0.3, 0.4) is 0 Å². The van der Waals surface area contributed by atoms with Crippen LogP contribution in [0.5, 0.6) is 0 Å². The lowest BCUT2D eigenvalue weighted by Gasteiger charge is -2.35. The van der Waals surface area contributed by atoms with E-state index in [1.807, 2.05) is 41.6 Å². The van der Waals surface area contributed by atoms with Crippen LogP contribution in [-0.2, 0) is 13.0 Å².